The standard InChI is InChI=1S/C25H24N4O3S2/c1-16-22(25(32)29(28(16)3)19-10-5-4-6-11-19)27-23(30)17(2)34-20-12-7-9-18(15-20)26-24(31)21-13-8-14-33-21/h4-15,17H,1-3H3,(H,26,31)(H,27,30). The number of carbonyl (C=O) groups is 2. The van der Waals surface area contributed by atoms with Gasteiger partial charge in [0, 0.05) is 17.6 Å². The molecule has 0 aliphatic rings. The first-order valence-corrected chi connectivity index (χ1v) is 12.4. The molecule has 0 aliphatic heterocycles. The number of hydrogen-bond donors (Lipinski definition) is 2. The van der Waals surface area contributed by atoms with Crippen molar-refractivity contribution >= 4 is 46.3 Å². The fourth-order valence-corrected chi connectivity index (χ4v) is 4.99. The Morgan fingerprint density at radius 3 is 2.47 bits per heavy atom. The smallest absolute Gasteiger partial charge is 0.295 e. The van der Waals surface area contributed by atoms with Gasteiger partial charge in [-0.25, -0.2) is 4.68 Å². The van der Waals surface area contributed by atoms with Crippen LogP contribution in [0.2, 0.25) is 0 Å². The number of amides is 2. The lowest BCUT2D eigenvalue weighted by atomic mass is 10.3. The average Bonchev–Trinajstić information content (AvgIpc) is 3.44. The molecule has 2 amide bonds. The topological polar surface area (TPSA) is 85.1 Å². The molecule has 34 heavy (non-hydrogen) atoms. The molecular formula is C25H24N4O3S2. The lowest BCUT2D eigenvalue weighted by Crippen LogP contribution is -2.27. The van der Waals surface area contributed by atoms with E-state index in [1.54, 1.807) is 37.7 Å². The molecule has 174 valence electrons. The van der Waals surface area contributed by atoms with Gasteiger partial charge in [0.25, 0.3) is 11.5 Å². The number of aromatic nitrogens is 2. The maximum atomic E-state index is 13.1. The zero-order valence-electron chi connectivity index (χ0n) is 18.9. The number of rotatable bonds is 7. The van der Waals surface area contributed by atoms with Gasteiger partial charge in [0.2, 0.25) is 5.91 Å². The van der Waals surface area contributed by atoms with Gasteiger partial charge in [-0.3, -0.25) is 19.1 Å². The predicted octanol–water partition coefficient (Wildman–Crippen LogP) is 4.92. The second-order valence-corrected chi connectivity index (χ2v) is 10.0. The average molecular weight is 493 g/mol. The Labute approximate surface area is 205 Å². The third kappa shape index (κ3) is 5.00. The Morgan fingerprint density at radius 2 is 1.76 bits per heavy atom. The highest BCUT2D eigenvalue weighted by atomic mass is 32.2. The summed E-state index contributed by atoms with van der Waals surface area (Å²) in [6.45, 7) is 3.58. The quantitative estimate of drug-likeness (QED) is 0.359. The first-order valence-electron chi connectivity index (χ1n) is 10.6. The number of carbonyl (C=O) groups excluding carboxylic acids is 2. The van der Waals surface area contributed by atoms with Gasteiger partial charge in [0.15, 0.2) is 0 Å². The molecule has 0 spiro atoms. The third-order valence-corrected chi connectivity index (χ3v) is 7.28. The van der Waals surface area contributed by atoms with Crippen molar-refractivity contribution in [2.24, 2.45) is 7.05 Å². The number of nitrogens with zero attached hydrogens (tertiary/aromatic N) is 2. The van der Waals surface area contributed by atoms with E-state index in [0.29, 0.717) is 16.3 Å². The zero-order chi connectivity index (χ0) is 24.2. The summed E-state index contributed by atoms with van der Waals surface area (Å²) in [7, 11) is 1.79. The van der Waals surface area contributed by atoms with E-state index in [1.165, 1.54) is 27.8 Å². The molecule has 2 N–H and O–H groups in total. The number of thioether (sulfide) groups is 1. The van der Waals surface area contributed by atoms with E-state index in [2.05, 4.69) is 10.6 Å². The molecular weight excluding hydrogens is 468 g/mol. The summed E-state index contributed by atoms with van der Waals surface area (Å²) in [4.78, 5) is 39.8. The lowest BCUT2D eigenvalue weighted by Gasteiger charge is -2.12. The van der Waals surface area contributed by atoms with Crippen molar-refractivity contribution in [2.75, 3.05) is 10.6 Å². The molecule has 7 nitrogen and oxygen atoms in total. The minimum Gasteiger partial charge on any atom is -0.321 e. The van der Waals surface area contributed by atoms with E-state index in [0.717, 1.165) is 10.6 Å². The van der Waals surface area contributed by atoms with Gasteiger partial charge in [-0.2, -0.15) is 0 Å². The summed E-state index contributed by atoms with van der Waals surface area (Å²) in [5.41, 5.74) is 2.02. The molecule has 0 radical (unpaired) electrons. The van der Waals surface area contributed by atoms with E-state index < -0.39 is 5.25 Å². The molecule has 2 aromatic carbocycles. The Balaban J connectivity index is 1.46. The Morgan fingerprint density at radius 1 is 1.00 bits per heavy atom. The number of benzene rings is 2. The molecule has 0 bridgehead atoms. The molecule has 4 rings (SSSR count). The molecule has 0 saturated heterocycles. The summed E-state index contributed by atoms with van der Waals surface area (Å²) < 4.78 is 3.26. The second-order valence-electron chi connectivity index (χ2n) is 7.65. The largest absolute Gasteiger partial charge is 0.321 e. The van der Waals surface area contributed by atoms with Gasteiger partial charge in [0.05, 0.1) is 21.5 Å². The number of para-hydroxylation sites is 1. The monoisotopic (exact) mass is 492 g/mol. The highest BCUT2D eigenvalue weighted by Crippen LogP contribution is 2.27. The summed E-state index contributed by atoms with van der Waals surface area (Å²) in [5, 5.41) is 7.08. The maximum absolute atomic E-state index is 13.1. The predicted molar refractivity (Wildman–Crippen MR) is 138 cm³/mol. The van der Waals surface area contributed by atoms with Crippen LogP contribution >= 0.6 is 23.1 Å². The van der Waals surface area contributed by atoms with Crippen LogP contribution in [-0.4, -0.2) is 26.4 Å². The van der Waals surface area contributed by atoms with Crippen molar-refractivity contribution in [3.05, 3.63) is 93.0 Å². The number of hydrogen-bond acceptors (Lipinski definition) is 5. The molecule has 9 heteroatoms. The maximum Gasteiger partial charge on any atom is 0.295 e. The van der Waals surface area contributed by atoms with Crippen LogP contribution in [0.3, 0.4) is 0 Å². The number of anilines is 2. The first kappa shape index (κ1) is 23.6. The summed E-state index contributed by atoms with van der Waals surface area (Å²) in [5.74, 6) is -0.443. The van der Waals surface area contributed by atoms with E-state index in [-0.39, 0.29) is 23.1 Å². The van der Waals surface area contributed by atoms with Crippen LogP contribution in [0.1, 0.15) is 22.3 Å². The second kappa shape index (κ2) is 10.1. The molecule has 4 aromatic rings. The van der Waals surface area contributed by atoms with Gasteiger partial charge in [-0.1, -0.05) is 30.3 Å². The molecule has 0 fully saturated rings. The van der Waals surface area contributed by atoms with E-state index in [9.17, 15) is 14.4 Å². The molecule has 1 unspecified atom stereocenters. The van der Waals surface area contributed by atoms with Crippen molar-refractivity contribution in [1.29, 1.82) is 0 Å². The van der Waals surface area contributed by atoms with Crippen LogP contribution in [-0.2, 0) is 11.8 Å². The minimum absolute atomic E-state index is 0.169. The SMILES string of the molecule is Cc1c(NC(=O)C(C)Sc2cccc(NC(=O)c3cccs3)c2)c(=O)n(-c2ccccc2)n1C. The first-order chi connectivity index (χ1) is 16.3. The van der Waals surface area contributed by atoms with E-state index in [4.69, 9.17) is 0 Å². The van der Waals surface area contributed by atoms with Gasteiger partial charge in [-0.05, 0) is 55.6 Å². The summed E-state index contributed by atoms with van der Waals surface area (Å²) >= 11 is 2.73. The normalized spacial score (nSPS) is 11.7. The fraction of sp³-hybridized carbons (Fsp3) is 0.160. The van der Waals surface area contributed by atoms with Crippen LogP contribution in [0.15, 0.2) is 81.8 Å². The number of nitrogens with one attached hydrogen (secondary N) is 2. The summed E-state index contributed by atoms with van der Waals surface area (Å²) in [6.07, 6.45) is 0. The van der Waals surface area contributed by atoms with Crippen LogP contribution < -0.4 is 16.2 Å². The Bertz CT molecular complexity index is 1380. The van der Waals surface area contributed by atoms with Gasteiger partial charge in [-0.15, -0.1) is 23.1 Å². The fourth-order valence-electron chi connectivity index (χ4n) is 3.44. The van der Waals surface area contributed by atoms with Gasteiger partial charge < -0.3 is 10.6 Å². The van der Waals surface area contributed by atoms with Crippen molar-refractivity contribution in [3.63, 3.8) is 0 Å². The van der Waals surface area contributed by atoms with Crippen molar-refractivity contribution in [3.8, 4) is 5.69 Å². The van der Waals surface area contributed by atoms with Gasteiger partial charge >= 0.3 is 0 Å². The van der Waals surface area contributed by atoms with Crippen molar-refractivity contribution in [1.82, 2.24) is 9.36 Å². The van der Waals surface area contributed by atoms with Crippen LogP contribution in [0.25, 0.3) is 5.69 Å². The zero-order valence-corrected chi connectivity index (χ0v) is 20.6. The highest BCUT2D eigenvalue weighted by molar-refractivity contribution is 8.00. The molecule has 0 aliphatic carbocycles. The lowest BCUT2D eigenvalue weighted by molar-refractivity contribution is -0.115. The molecule has 2 aromatic heterocycles. The van der Waals surface area contributed by atoms with Crippen LogP contribution in [0.5, 0.6) is 0 Å². The molecule has 1 atom stereocenters. The van der Waals surface area contributed by atoms with Gasteiger partial charge in [0.1, 0.15) is 5.69 Å². The summed E-state index contributed by atoms with van der Waals surface area (Å²) in [6, 6.07) is 20.2. The Hall–Kier alpha value is -3.56. The van der Waals surface area contributed by atoms with Crippen LogP contribution in [0, 0.1) is 6.92 Å². The molecule has 2 heterocycles. The van der Waals surface area contributed by atoms with Crippen LogP contribution in [0.4, 0.5) is 11.4 Å². The van der Waals surface area contributed by atoms with Crippen molar-refractivity contribution < 1.29 is 9.59 Å². The van der Waals surface area contributed by atoms with E-state index >= 15 is 0 Å². The third-order valence-electron chi connectivity index (χ3n) is 5.32. The Kier molecular flexibility index (Phi) is 7.04. The van der Waals surface area contributed by atoms with E-state index in [1.807, 2.05) is 60.0 Å². The minimum atomic E-state index is -0.465. The number of thiophene rings is 1. The molecule has 0 saturated carbocycles. The highest BCUT2D eigenvalue weighted by Gasteiger charge is 2.21. The van der Waals surface area contributed by atoms with Crippen molar-refractivity contribution in [2.45, 2.75) is 24.0 Å².